The minimum Gasteiger partial charge on any atom is -0.372 e. The zero-order valence-corrected chi connectivity index (χ0v) is 8.00. The zero-order valence-electron chi connectivity index (χ0n) is 8.00. The van der Waals surface area contributed by atoms with E-state index in [1.165, 1.54) is 0 Å². The Morgan fingerprint density at radius 1 is 1.62 bits per heavy atom. The average molecular weight is 183 g/mol. The standard InChI is InChI=1S/C10H17NO2/c1-2-3-4-6-11-7-5-8-13-9-10(11)12/h2H,1,3-9H2. The number of carbonyl (C=O) groups excluding carboxylic acids is 1. The highest BCUT2D eigenvalue weighted by atomic mass is 16.5. The number of amides is 1. The minimum absolute atomic E-state index is 0.126. The van der Waals surface area contributed by atoms with Gasteiger partial charge in [-0.25, -0.2) is 0 Å². The minimum atomic E-state index is 0.126. The Kier molecular flexibility index (Phi) is 4.54. The van der Waals surface area contributed by atoms with Gasteiger partial charge in [-0.2, -0.15) is 0 Å². The lowest BCUT2D eigenvalue weighted by Gasteiger charge is -2.18. The van der Waals surface area contributed by atoms with Crippen molar-refractivity contribution in [3.05, 3.63) is 12.7 Å². The maximum Gasteiger partial charge on any atom is 0.248 e. The monoisotopic (exact) mass is 183 g/mol. The summed E-state index contributed by atoms with van der Waals surface area (Å²) in [6, 6.07) is 0. The largest absolute Gasteiger partial charge is 0.372 e. The van der Waals surface area contributed by atoms with E-state index in [4.69, 9.17) is 4.74 Å². The molecule has 0 N–H and O–H groups in total. The van der Waals surface area contributed by atoms with E-state index in [0.717, 1.165) is 32.4 Å². The molecule has 0 unspecified atom stereocenters. The van der Waals surface area contributed by atoms with Crippen molar-refractivity contribution < 1.29 is 9.53 Å². The third-order valence-corrected chi connectivity index (χ3v) is 2.13. The van der Waals surface area contributed by atoms with Gasteiger partial charge in [-0.05, 0) is 19.3 Å². The molecule has 3 nitrogen and oxygen atoms in total. The summed E-state index contributed by atoms with van der Waals surface area (Å²) in [6.07, 6.45) is 4.83. The van der Waals surface area contributed by atoms with Gasteiger partial charge in [0, 0.05) is 19.7 Å². The second-order valence-electron chi connectivity index (χ2n) is 3.22. The smallest absolute Gasteiger partial charge is 0.248 e. The third kappa shape index (κ3) is 3.59. The number of ether oxygens (including phenoxy) is 1. The molecule has 1 heterocycles. The second-order valence-corrected chi connectivity index (χ2v) is 3.22. The number of allylic oxidation sites excluding steroid dienone is 1. The highest BCUT2D eigenvalue weighted by Gasteiger charge is 2.15. The predicted octanol–water partition coefficient (Wildman–Crippen LogP) is 1.20. The lowest BCUT2D eigenvalue weighted by molar-refractivity contribution is -0.133. The lowest BCUT2D eigenvalue weighted by Crippen LogP contribution is -2.33. The van der Waals surface area contributed by atoms with Crippen LogP contribution < -0.4 is 0 Å². The zero-order chi connectivity index (χ0) is 9.52. The van der Waals surface area contributed by atoms with Gasteiger partial charge in [-0.3, -0.25) is 4.79 Å². The first-order valence-electron chi connectivity index (χ1n) is 4.81. The molecular formula is C10H17NO2. The average Bonchev–Trinajstić information content (AvgIpc) is 2.32. The van der Waals surface area contributed by atoms with Crippen molar-refractivity contribution >= 4 is 5.91 Å². The van der Waals surface area contributed by atoms with Crippen molar-refractivity contribution in [2.24, 2.45) is 0 Å². The number of hydrogen-bond acceptors (Lipinski definition) is 2. The summed E-state index contributed by atoms with van der Waals surface area (Å²) < 4.78 is 5.13. The maximum atomic E-state index is 11.4. The fraction of sp³-hybridized carbons (Fsp3) is 0.700. The Morgan fingerprint density at radius 3 is 3.23 bits per heavy atom. The van der Waals surface area contributed by atoms with Gasteiger partial charge in [0.25, 0.3) is 0 Å². The first kappa shape index (κ1) is 10.3. The first-order valence-corrected chi connectivity index (χ1v) is 4.81. The molecule has 1 aliphatic rings. The summed E-state index contributed by atoms with van der Waals surface area (Å²) in [5, 5.41) is 0. The van der Waals surface area contributed by atoms with E-state index in [0.29, 0.717) is 6.61 Å². The van der Waals surface area contributed by atoms with Crippen molar-refractivity contribution in [3.8, 4) is 0 Å². The molecule has 0 atom stereocenters. The topological polar surface area (TPSA) is 29.5 Å². The molecule has 0 radical (unpaired) electrons. The van der Waals surface area contributed by atoms with E-state index in [1.807, 2.05) is 11.0 Å². The van der Waals surface area contributed by atoms with E-state index >= 15 is 0 Å². The Bertz CT molecular complexity index is 180. The molecule has 0 spiro atoms. The highest BCUT2D eigenvalue weighted by molar-refractivity contribution is 5.77. The molecule has 74 valence electrons. The van der Waals surface area contributed by atoms with Gasteiger partial charge in [0.05, 0.1) is 0 Å². The van der Waals surface area contributed by atoms with Gasteiger partial charge >= 0.3 is 0 Å². The summed E-state index contributed by atoms with van der Waals surface area (Å²) in [4.78, 5) is 13.3. The van der Waals surface area contributed by atoms with Crippen molar-refractivity contribution in [1.29, 1.82) is 0 Å². The summed E-state index contributed by atoms with van der Waals surface area (Å²) in [5.74, 6) is 0.126. The predicted molar refractivity (Wildman–Crippen MR) is 51.4 cm³/mol. The van der Waals surface area contributed by atoms with Gasteiger partial charge in [-0.1, -0.05) is 6.08 Å². The summed E-state index contributed by atoms with van der Waals surface area (Å²) in [6.45, 7) is 6.31. The van der Waals surface area contributed by atoms with Gasteiger partial charge in [0.2, 0.25) is 5.91 Å². The van der Waals surface area contributed by atoms with Crippen LogP contribution >= 0.6 is 0 Å². The molecule has 0 aliphatic carbocycles. The van der Waals surface area contributed by atoms with Crippen LogP contribution in [0.25, 0.3) is 0 Å². The van der Waals surface area contributed by atoms with Crippen LogP contribution in [0.15, 0.2) is 12.7 Å². The normalized spacial score (nSPS) is 18.5. The van der Waals surface area contributed by atoms with Crippen LogP contribution in [0.5, 0.6) is 0 Å². The molecule has 0 aromatic rings. The Morgan fingerprint density at radius 2 is 2.46 bits per heavy atom. The number of unbranched alkanes of at least 4 members (excludes halogenated alkanes) is 1. The van der Waals surface area contributed by atoms with Gasteiger partial charge in [0.15, 0.2) is 0 Å². The molecular weight excluding hydrogens is 166 g/mol. The molecule has 3 heteroatoms. The van der Waals surface area contributed by atoms with Crippen LogP contribution in [0.3, 0.4) is 0 Å². The quantitative estimate of drug-likeness (QED) is 0.484. The van der Waals surface area contributed by atoms with Crippen LogP contribution in [0.1, 0.15) is 19.3 Å². The fourth-order valence-corrected chi connectivity index (χ4v) is 1.40. The number of nitrogens with zero attached hydrogens (tertiary/aromatic N) is 1. The Hall–Kier alpha value is -0.830. The van der Waals surface area contributed by atoms with Crippen LogP contribution in [0, 0.1) is 0 Å². The summed E-state index contributed by atoms with van der Waals surface area (Å²) in [5.41, 5.74) is 0. The molecule has 1 aliphatic heterocycles. The van der Waals surface area contributed by atoms with Crippen molar-refractivity contribution in [3.63, 3.8) is 0 Å². The van der Waals surface area contributed by atoms with Crippen molar-refractivity contribution in [2.45, 2.75) is 19.3 Å². The molecule has 0 aromatic heterocycles. The molecule has 0 bridgehead atoms. The van der Waals surface area contributed by atoms with E-state index in [9.17, 15) is 4.79 Å². The van der Waals surface area contributed by atoms with E-state index in [2.05, 4.69) is 6.58 Å². The molecule has 1 amide bonds. The first-order chi connectivity index (χ1) is 6.34. The molecule has 0 saturated carbocycles. The van der Waals surface area contributed by atoms with Crippen molar-refractivity contribution in [2.75, 3.05) is 26.3 Å². The van der Waals surface area contributed by atoms with Gasteiger partial charge < -0.3 is 9.64 Å². The Balaban J connectivity index is 2.27. The summed E-state index contributed by atoms with van der Waals surface area (Å²) >= 11 is 0. The van der Waals surface area contributed by atoms with Crippen molar-refractivity contribution in [1.82, 2.24) is 4.90 Å². The highest BCUT2D eigenvalue weighted by Crippen LogP contribution is 2.03. The lowest BCUT2D eigenvalue weighted by atomic mass is 10.3. The summed E-state index contributed by atoms with van der Waals surface area (Å²) in [7, 11) is 0. The fourth-order valence-electron chi connectivity index (χ4n) is 1.40. The molecule has 1 rings (SSSR count). The maximum absolute atomic E-state index is 11.4. The van der Waals surface area contributed by atoms with Crippen LogP contribution in [-0.4, -0.2) is 37.1 Å². The Labute approximate surface area is 79.4 Å². The van der Waals surface area contributed by atoms with E-state index in [1.54, 1.807) is 0 Å². The number of rotatable bonds is 4. The van der Waals surface area contributed by atoms with Crippen LogP contribution in [-0.2, 0) is 9.53 Å². The second kappa shape index (κ2) is 5.75. The molecule has 0 aromatic carbocycles. The molecule has 13 heavy (non-hydrogen) atoms. The van der Waals surface area contributed by atoms with E-state index in [-0.39, 0.29) is 12.5 Å². The van der Waals surface area contributed by atoms with Crippen LogP contribution in [0.2, 0.25) is 0 Å². The molecule has 1 fully saturated rings. The van der Waals surface area contributed by atoms with Crippen LogP contribution in [0.4, 0.5) is 0 Å². The van der Waals surface area contributed by atoms with E-state index < -0.39 is 0 Å². The molecule has 1 saturated heterocycles. The number of carbonyl (C=O) groups is 1. The van der Waals surface area contributed by atoms with Gasteiger partial charge in [0.1, 0.15) is 6.61 Å². The SMILES string of the molecule is C=CCCCN1CCCOCC1=O. The third-order valence-electron chi connectivity index (χ3n) is 2.13. The number of hydrogen-bond donors (Lipinski definition) is 0. The van der Waals surface area contributed by atoms with Gasteiger partial charge in [-0.15, -0.1) is 6.58 Å².